The summed E-state index contributed by atoms with van der Waals surface area (Å²) in [6.07, 6.45) is 0.759. The molecular weight excluding hydrogens is 319 g/mol. The molecule has 0 spiro atoms. The molecule has 0 aliphatic carbocycles. The van der Waals surface area contributed by atoms with Crippen molar-refractivity contribution in [1.82, 2.24) is 4.98 Å². The standard InChI is InChI=1S/C13H10Cl2N2O4/c1-7(18)8-2-3-13(16-6-8)21-12-5-10(15)9(14)4-11(12)17(19)20/h2-7,18H,1H3/t7-/m0/s1. The maximum Gasteiger partial charge on any atom is 0.313 e. The van der Waals surface area contributed by atoms with Gasteiger partial charge < -0.3 is 9.84 Å². The minimum absolute atomic E-state index is 0.0631. The summed E-state index contributed by atoms with van der Waals surface area (Å²) in [7, 11) is 0. The Labute approximate surface area is 130 Å². The number of nitrogens with zero attached hydrogens (tertiary/aromatic N) is 2. The molecule has 0 unspecified atom stereocenters. The van der Waals surface area contributed by atoms with Crippen LogP contribution in [-0.4, -0.2) is 15.0 Å². The molecule has 0 aliphatic rings. The predicted molar refractivity (Wildman–Crippen MR) is 78.1 cm³/mol. The highest BCUT2D eigenvalue weighted by Gasteiger charge is 2.19. The number of rotatable bonds is 4. The van der Waals surface area contributed by atoms with E-state index in [1.54, 1.807) is 13.0 Å². The van der Waals surface area contributed by atoms with Crippen LogP contribution >= 0.6 is 23.2 Å². The van der Waals surface area contributed by atoms with Crippen LogP contribution in [0.1, 0.15) is 18.6 Å². The zero-order valence-electron chi connectivity index (χ0n) is 10.8. The minimum atomic E-state index is -0.661. The van der Waals surface area contributed by atoms with E-state index in [9.17, 15) is 15.2 Å². The van der Waals surface area contributed by atoms with Gasteiger partial charge in [0, 0.05) is 24.4 Å². The average Bonchev–Trinajstić information content (AvgIpc) is 2.43. The summed E-state index contributed by atoms with van der Waals surface area (Å²) in [5, 5.41) is 20.6. The summed E-state index contributed by atoms with van der Waals surface area (Å²) in [6.45, 7) is 1.60. The van der Waals surface area contributed by atoms with Gasteiger partial charge in [0.15, 0.2) is 0 Å². The lowest BCUT2D eigenvalue weighted by Crippen LogP contribution is -1.96. The van der Waals surface area contributed by atoms with E-state index in [4.69, 9.17) is 27.9 Å². The Morgan fingerprint density at radius 1 is 1.33 bits per heavy atom. The molecule has 1 N–H and O–H groups in total. The fourth-order valence-electron chi connectivity index (χ4n) is 1.55. The molecule has 8 heteroatoms. The first-order chi connectivity index (χ1) is 9.88. The second-order valence-electron chi connectivity index (χ2n) is 4.20. The number of halogens is 2. The van der Waals surface area contributed by atoms with Crippen LogP contribution in [0, 0.1) is 10.1 Å². The van der Waals surface area contributed by atoms with Gasteiger partial charge in [-0.2, -0.15) is 0 Å². The first-order valence-corrected chi connectivity index (χ1v) is 6.59. The molecule has 1 heterocycles. The molecule has 0 bridgehead atoms. The number of hydrogen-bond donors (Lipinski definition) is 1. The molecule has 0 fully saturated rings. The van der Waals surface area contributed by atoms with Gasteiger partial charge in [0.1, 0.15) is 0 Å². The van der Waals surface area contributed by atoms with Crippen molar-refractivity contribution in [2.75, 3.05) is 0 Å². The number of ether oxygens (including phenoxy) is 1. The van der Waals surface area contributed by atoms with E-state index in [0.717, 1.165) is 6.07 Å². The Hall–Kier alpha value is -1.89. The number of aromatic nitrogens is 1. The van der Waals surface area contributed by atoms with E-state index in [1.807, 2.05) is 0 Å². The van der Waals surface area contributed by atoms with Gasteiger partial charge in [-0.05, 0) is 18.6 Å². The van der Waals surface area contributed by atoms with Gasteiger partial charge in [-0.25, -0.2) is 4.98 Å². The molecule has 1 aromatic heterocycles. The zero-order chi connectivity index (χ0) is 15.6. The Balaban J connectivity index is 2.34. The van der Waals surface area contributed by atoms with E-state index in [-0.39, 0.29) is 27.4 Å². The van der Waals surface area contributed by atoms with Gasteiger partial charge in [-0.1, -0.05) is 23.2 Å². The Bertz CT molecular complexity index is 675. The molecule has 0 saturated carbocycles. The average molecular weight is 329 g/mol. The fourth-order valence-corrected chi connectivity index (χ4v) is 1.87. The topological polar surface area (TPSA) is 85.5 Å². The van der Waals surface area contributed by atoms with Crippen LogP contribution in [0.15, 0.2) is 30.5 Å². The van der Waals surface area contributed by atoms with Gasteiger partial charge in [0.2, 0.25) is 11.6 Å². The number of pyridine rings is 1. The molecule has 6 nitrogen and oxygen atoms in total. The number of nitro benzene ring substituents is 1. The number of aliphatic hydroxyl groups excluding tert-OH is 1. The second kappa shape index (κ2) is 6.26. The smallest absolute Gasteiger partial charge is 0.313 e. The highest BCUT2D eigenvalue weighted by atomic mass is 35.5. The lowest BCUT2D eigenvalue weighted by atomic mass is 10.2. The molecule has 0 amide bonds. The first kappa shape index (κ1) is 15.5. The molecule has 2 rings (SSSR count). The van der Waals surface area contributed by atoms with Crippen molar-refractivity contribution in [3.05, 3.63) is 56.2 Å². The fraction of sp³-hybridized carbons (Fsp3) is 0.154. The van der Waals surface area contributed by atoms with E-state index < -0.39 is 11.0 Å². The minimum Gasteiger partial charge on any atom is -0.432 e. The molecule has 21 heavy (non-hydrogen) atoms. The molecule has 0 aliphatic heterocycles. The summed E-state index contributed by atoms with van der Waals surface area (Å²) in [5.74, 6) is 0.0765. The maximum absolute atomic E-state index is 11.0. The molecule has 2 aromatic rings. The van der Waals surface area contributed by atoms with Crippen molar-refractivity contribution in [3.63, 3.8) is 0 Å². The highest BCUT2D eigenvalue weighted by molar-refractivity contribution is 6.42. The second-order valence-corrected chi connectivity index (χ2v) is 5.01. The predicted octanol–water partition coefficient (Wildman–Crippen LogP) is 4.14. The maximum atomic E-state index is 11.0. The van der Waals surface area contributed by atoms with Crippen molar-refractivity contribution in [2.24, 2.45) is 0 Å². The third-order valence-electron chi connectivity index (χ3n) is 2.65. The van der Waals surface area contributed by atoms with Crippen molar-refractivity contribution in [1.29, 1.82) is 0 Å². The molecule has 1 atom stereocenters. The Morgan fingerprint density at radius 2 is 2.00 bits per heavy atom. The molecular formula is C13H10Cl2N2O4. The largest absolute Gasteiger partial charge is 0.432 e. The summed E-state index contributed by atoms with van der Waals surface area (Å²) >= 11 is 11.6. The van der Waals surface area contributed by atoms with Crippen molar-refractivity contribution >= 4 is 28.9 Å². The van der Waals surface area contributed by atoms with Gasteiger partial charge in [-0.15, -0.1) is 0 Å². The number of nitro groups is 1. The van der Waals surface area contributed by atoms with Crippen molar-refractivity contribution in [2.45, 2.75) is 13.0 Å². The molecule has 1 aromatic carbocycles. The van der Waals surface area contributed by atoms with Crippen LogP contribution in [0.3, 0.4) is 0 Å². The van der Waals surface area contributed by atoms with Crippen LogP contribution in [0.5, 0.6) is 11.6 Å². The van der Waals surface area contributed by atoms with Crippen LogP contribution in [-0.2, 0) is 0 Å². The van der Waals surface area contributed by atoms with Crippen LogP contribution in [0.25, 0.3) is 0 Å². The number of benzene rings is 1. The van der Waals surface area contributed by atoms with Crippen molar-refractivity contribution in [3.8, 4) is 11.6 Å². The lowest BCUT2D eigenvalue weighted by molar-refractivity contribution is -0.385. The highest BCUT2D eigenvalue weighted by Crippen LogP contribution is 2.37. The summed E-state index contributed by atoms with van der Waals surface area (Å²) in [6, 6.07) is 5.47. The number of hydrogen-bond acceptors (Lipinski definition) is 5. The normalized spacial score (nSPS) is 12.0. The van der Waals surface area contributed by atoms with E-state index in [2.05, 4.69) is 4.98 Å². The van der Waals surface area contributed by atoms with Gasteiger partial charge in [0.25, 0.3) is 0 Å². The van der Waals surface area contributed by atoms with Crippen LogP contribution in [0.2, 0.25) is 10.0 Å². The quantitative estimate of drug-likeness (QED) is 0.673. The third-order valence-corrected chi connectivity index (χ3v) is 3.38. The SMILES string of the molecule is C[C@H](O)c1ccc(Oc2cc(Cl)c(Cl)cc2[N+](=O)[O-])nc1. The van der Waals surface area contributed by atoms with Crippen LogP contribution in [0.4, 0.5) is 5.69 Å². The summed E-state index contributed by atoms with van der Waals surface area (Å²) in [4.78, 5) is 14.3. The number of aliphatic hydroxyl groups is 1. The van der Waals surface area contributed by atoms with Gasteiger partial charge >= 0.3 is 5.69 Å². The van der Waals surface area contributed by atoms with E-state index in [1.165, 1.54) is 18.3 Å². The van der Waals surface area contributed by atoms with E-state index >= 15 is 0 Å². The summed E-state index contributed by atoms with van der Waals surface area (Å²) in [5.41, 5.74) is 0.289. The summed E-state index contributed by atoms with van der Waals surface area (Å²) < 4.78 is 5.36. The lowest BCUT2D eigenvalue weighted by Gasteiger charge is -2.08. The van der Waals surface area contributed by atoms with Gasteiger partial charge in [-0.3, -0.25) is 10.1 Å². The van der Waals surface area contributed by atoms with Gasteiger partial charge in [0.05, 0.1) is 21.1 Å². The third kappa shape index (κ3) is 3.60. The first-order valence-electron chi connectivity index (χ1n) is 5.84. The Kier molecular flexibility index (Phi) is 4.62. The molecule has 0 radical (unpaired) electrons. The van der Waals surface area contributed by atoms with Crippen LogP contribution < -0.4 is 4.74 Å². The molecule has 110 valence electrons. The molecule has 0 saturated heterocycles. The van der Waals surface area contributed by atoms with Crippen molar-refractivity contribution < 1.29 is 14.8 Å². The monoisotopic (exact) mass is 328 g/mol. The zero-order valence-corrected chi connectivity index (χ0v) is 12.3. The van der Waals surface area contributed by atoms with E-state index in [0.29, 0.717) is 5.56 Å². The Morgan fingerprint density at radius 3 is 2.52 bits per heavy atom.